The molecule has 230 valence electrons. The molecule has 0 spiro atoms. The Hall–Kier alpha value is -1.74. The van der Waals surface area contributed by atoms with Crippen LogP contribution in [0, 0.1) is 63.9 Å². The highest BCUT2D eigenvalue weighted by molar-refractivity contribution is 7.90. The molecule has 5 rings (SSSR count). The minimum atomic E-state index is -4.40. The molecular weight excluding hydrogens is 546 g/mol. The third kappa shape index (κ3) is 5.43. The minimum absolute atomic E-state index is 0.144. The summed E-state index contributed by atoms with van der Waals surface area (Å²) in [6.45, 7) is 9.76. The standard InChI is InChI=1S/C32H48F2N2O4S/c1-5-23-25-8-6-7-13-31(25,3)27-11-14-32(4)24(9-10-26(32)28(27)29(23)37)19(2)12-15-35-30(38)36-41(39,40)22-17-20(33)16-21(34)18-22/h16-19,23-29,37H,5-15H2,1-4H3,(H2,35,36,38)/t19-,23-,24-,25+,26+,27+,28+,29-,31+,32-/m1/s1. The summed E-state index contributed by atoms with van der Waals surface area (Å²) in [5, 5.41) is 14.5. The molecule has 0 unspecified atom stereocenters. The molecule has 9 heteroatoms. The molecule has 2 amide bonds. The molecule has 0 aromatic heterocycles. The van der Waals surface area contributed by atoms with Crippen molar-refractivity contribution in [3.8, 4) is 0 Å². The Morgan fingerprint density at radius 3 is 2.37 bits per heavy atom. The highest BCUT2D eigenvalue weighted by Crippen LogP contribution is 2.69. The maximum absolute atomic E-state index is 13.5. The van der Waals surface area contributed by atoms with Gasteiger partial charge < -0.3 is 10.4 Å². The summed E-state index contributed by atoms with van der Waals surface area (Å²) >= 11 is 0. The Morgan fingerprint density at radius 1 is 1.00 bits per heavy atom. The summed E-state index contributed by atoms with van der Waals surface area (Å²) in [5.74, 6) is 1.21. The number of hydrogen-bond acceptors (Lipinski definition) is 4. The molecule has 6 nitrogen and oxygen atoms in total. The van der Waals surface area contributed by atoms with Crippen LogP contribution in [0.5, 0.6) is 0 Å². The fraction of sp³-hybridized carbons (Fsp3) is 0.781. The van der Waals surface area contributed by atoms with Crippen molar-refractivity contribution in [1.82, 2.24) is 10.0 Å². The molecule has 41 heavy (non-hydrogen) atoms. The summed E-state index contributed by atoms with van der Waals surface area (Å²) in [7, 11) is -4.40. The topological polar surface area (TPSA) is 95.5 Å². The van der Waals surface area contributed by atoms with E-state index in [-0.39, 0.29) is 11.5 Å². The van der Waals surface area contributed by atoms with E-state index in [2.05, 4.69) is 33.0 Å². The van der Waals surface area contributed by atoms with Gasteiger partial charge in [0, 0.05) is 12.6 Å². The van der Waals surface area contributed by atoms with E-state index in [1.165, 1.54) is 38.5 Å². The predicted molar refractivity (Wildman–Crippen MR) is 154 cm³/mol. The third-order valence-corrected chi connectivity index (χ3v) is 13.7. The second kappa shape index (κ2) is 11.4. The molecule has 1 aromatic carbocycles. The molecule has 0 heterocycles. The van der Waals surface area contributed by atoms with E-state index >= 15 is 0 Å². The molecule has 0 saturated heterocycles. The van der Waals surface area contributed by atoms with Gasteiger partial charge in [-0.2, -0.15) is 0 Å². The van der Waals surface area contributed by atoms with Gasteiger partial charge in [0.25, 0.3) is 10.0 Å². The van der Waals surface area contributed by atoms with Crippen molar-refractivity contribution in [2.75, 3.05) is 6.54 Å². The zero-order chi connectivity index (χ0) is 29.7. The fourth-order valence-electron chi connectivity index (χ4n) is 10.5. The van der Waals surface area contributed by atoms with Crippen molar-refractivity contribution < 1.29 is 27.1 Å². The van der Waals surface area contributed by atoms with Crippen molar-refractivity contribution in [2.24, 2.45) is 52.3 Å². The zero-order valence-electron chi connectivity index (χ0n) is 25.0. The number of carbonyl (C=O) groups is 1. The number of hydrogen-bond donors (Lipinski definition) is 3. The van der Waals surface area contributed by atoms with Gasteiger partial charge in [0.2, 0.25) is 0 Å². The van der Waals surface area contributed by atoms with Crippen LogP contribution in [0.1, 0.15) is 91.9 Å². The molecular formula is C32H48F2N2O4S. The van der Waals surface area contributed by atoms with Gasteiger partial charge in [-0.25, -0.2) is 26.7 Å². The van der Waals surface area contributed by atoms with Crippen molar-refractivity contribution in [3.05, 3.63) is 29.8 Å². The van der Waals surface area contributed by atoms with Gasteiger partial charge >= 0.3 is 6.03 Å². The van der Waals surface area contributed by atoms with E-state index < -0.39 is 32.6 Å². The zero-order valence-corrected chi connectivity index (χ0v) is 25.8. The van der Waals surface area contributed by atoms with Crippen LogP contribution >= 0.6 is 0 Å². The Labute approximate surface area is 244 Å². The molecule has 4 aliphatic carbocycles. The van der Waals surface area contributed by atoms with Crippen molar-refractivity contribution in [3.63, 3.8) is 0 Å². The van der Waals surface area contributed by atoms with Crippen LogP contribution in [0.3, 0.4) is 0 Å². The van der Waals surface area contributed by atoms with Gasteiger partial charge in [0.05, 0.1) is 11.0 Å². The van der Waals surface area contributed by atoms with E-state index in [1.807, 2.05) is 4.72 Å². The number of rotatable bonds is 7. The quantitative estimate of drug-likeness (QED) is 0.330. The second-order valence-corrected chi connectivity index (χ2v) is 15.9. The molecule has 4 fully saturated rings. The number of halogens is 2. The number of benzene rings is 1. The van der Waals surface area contributed by atoms with Gasteiger partial charge in [0.1, 0.15) is 11.6 Å². The van der Waals surface area contributed by atoms with Crippen LogP contribution in [0.4, 0.5) is 13.6 Å². The van der Waals surface area contributed by atoms with Crippen LogP contribution in [0.15, 0.2) is 23.1 Å². The van der Waals surface area contributed by atoms with Gasteiger partial charge in [-0.05, 0) is 109 Å². The van der Waals surface area contributed by atoms with Crippen molar-refractivity contribution in [1.29, 1.82) is 0 Å². The molecule has 4 aliphatic rings. The first-order valence-corrected chi connectivity index (χ1v) is 17.2. The lowest BCUT2D eigenvalue weighted by Crippen LogP contribution is -2.61. The molecule has 0 aliphatic heterocycles. The molecule has 10 atom stereocenters. The second-order valence-electron chi connectivity index (χ2n) is 14.2. The number of urea groups is 1. The molecule has 0 bridgehead atoms. The molecule has 4 saturated carbocycles. The van der Waals surface area contributed by atoms with Crippen LogP contribution < -0.4 is 10.0 Å². The fourth-order valence-corrected chi connectivity index (χ4v) is 11.5. The number of carbonyl (C=O) groups excluding carboxylic acids is 1. The summed E-state index contributed by atoms with van der Waals surface area (Å²) in [6.07, 6.45) is 11.3. The van der Waals surface area contributed by atoms with Gasteiger partial charge in [-0.1, -0.05) is 47.0 Å². The number of nitrogens with one attached hydrogen (secondary N) is 2. The van der Waals surface area contributed by atoms with Crippen molar-refractivity contribution >= 4 is 16.1 Å². The van der Waals surface area contributed by atoms with Gasteiger partial charge in [-0.15, -0.1) is 0 Å². The molecule has 3 N–H and O–H groups in total. The number of sulfonamides is 1. The summed E-state index contributed by atoms with van der Waals surface area (Å²) in [5.41, 5.74) is 0.480. The lowest BCUT2D eigenvalue weighted by Gasteiger charge is -2.64. The monoisotopic (exact) mass is 594 g/mol. The number of aliphatic hydroxyl groups is 1. The van der Waals surface area contributed by atoms with E-state index in [0.29, 0.717) is 78.0 Å². The Kier molecular flexibility index (Phi) is 8.54. The maximum Gasteiger partial charge on any atom is 0.328 e. The Morgan fingerprint density at radius 2 is 1.68 bits per heavy atom. The predicted octanol–water partition coefficient (Wildman–Crippen LogP) is 6.63. The SMILES string of the molecule is CC[C@H]1[C@@H](O)[C@@H]2[C@H](CC[C@]3(C)[C@@H]([C@H](C)CCNC(=O)NS(=O)(=O)c4cc(F)cc(F)c4)CC[C@@H]23)[C@@]2(C)CCCC[C@@H]12. The first-order valence-electron chi connectivity index (χ1n) is 15.8. The average molecular weight is 595 g/mol. The highest BCUT2D eigenvalue weighted by Gasteiger charge is 2.64. The van der Waals surface area contributed by atoms with Crippen LogP contribution in [0.25, 0.3) is 0 Å². The minimum Gasteiger partial charge on any atom is -0.393 e. The largest absolute Gasteiger partial charge is 0.393 e. The summed E-state index contributed by atoms with van der Waals surface area (Å²) in [6, 6.07) is 1.01. The molecule has 1 aromatic rings. The number of aliphatic hydroxyl groups excluding tert-OH is 1. The van der Waals surface area contributed by atoms with Gasteiger partial charge in [-0.3, -0.25) is 0 Å². The Bertz CT molecular complexity index is 1220. The first-order chi connectivity index (χ1) is 19.3. The number of amides is 2. The smallest absolute Gasteiger partial charge is 0.328 e. The molecule has 0 radical (unpaired) electrons. The lowest BCUT2D eigenvalue weighted by molar-refractivity contribution is -0.194. The van der Waals surface area contributed by atoms with E-state index in [9.17, 15) is 27.1 Å². The average Bonchev–Trinajstić information content (AvgIpc) is 3.25. The lowest BCUT2D eigenvalue weighted by atomic mass is 9.41. The van der Waals surface area contributed by atoms with Gasteiger partial charge in [0.15, 0.2) is 0 Å². The highest BCUT2D eigenvalue weighted by atomic mass is 32.2. The van der Waals surface area contributed by atoms with Crippen molar-refractivity contribution in [2.45, 2.75) is 103 Å². The third-order valence-electron chi connectivity index (χ3n) is 12.3. The summed E-state index contributed by atoms with van der Waals surface area (Å²) in [4.78, 5) is 11.7. The first kappa shape index (κ1) is 30.7. The van der Waals surface area contributed by atoms with E-state index in [0.717, 1.165) is 19.3 Å². The van der Waals surface area contributed by atoms with Crippen LogP contribution in [0.2, 0.25) is 0 Å². The normalized spacial score (nSPS) is 39.2. The van der Waals surface area contributed by atoms with E-state index in [4.69, 9.17) is 0 Å². The Balaban J connectivity index is 1.21. The summed E-state index contributed by atoms with van der Waals surface area (Å²) < 4.78 is 53.7. The number of fused-ring (bicyclic) bond motifs is 5. The van der Waals surface area contributed by atoms with Crippen LogP contribution in [-0.4, -0.2) is 32.2 Å². The van der Waals surface area contributed by atoms with Crippen LogP contribution in [-0.2, 0) is 10.0 Å². The van der Waals surface area contributed by atoms with E-state index in [1.54, 1.807) is 0 Å². The maximum atomic E-state index is 13.5.